The molecule has 2 aromatic rings. The number of hydrogen-bond acceptors (Lipinski definition) is 4. The SMILES string of the molecule is Cc1cccc(N2CCN(C(=O)CNc3ccc(N(C)C)cc3)CC2)c1C. The molecule has 1 N–H and O–H groups in total. The van der Waals surface area contributed by atoms with E-state index < -0.39 is 0 Å². The van der Waals surface area contributed by atoms with Gasteiger partial charge in [0.1, 0.15) is 0 Å². The number of anilines is 3. The van der Waals surface area contributed by atoms with E-state index in [-0.39, 0.29) is 5.91 Å². The van der Waals surface area contributed by atoms with Gasteiger partial charge < -0.3 is 20.0 Å². The van der Waals surface area contributed by atoms with Crippen LogP contribution in [0.2, 0.25) is 0 Å². The normalized spacial score (nSPS) is 14.2. The predicted molar refractivity (Wildman–Crippen MR) is 114 cm³/mol. The number of carbonyl (C=O) groups excluding carboxylic acids is 1. The minimum absolute atomic E-state index is 0.160. The van der Waals surface area contributed by atoms with Gasteiger partial charge in [-0.1, -0.05) is 12.1 Å². The maximum absolute atomic E-state index is 12.5. The highest BCUT2D eigenvalue weighted by Gasteiger charge is 2.22. The summed E-state index contributed by atoms with van der Waals surface area (Å²) in [6, 6.07) is 14.6. The van der Waals surface area contributed by atoms with E-state index in [1.54, 1.807) is 0 Å². The van der Waals surface area contributed by atoms with E-state index in [0.29, 0.717) is 6.54 Å². The highest BCUT2D eigenvalue weighted by atomic mass is 16.2. The molecule has 0 unspecified atom stereocenters. The Labute approximate surface area is 162 Å². The number of benzene rings is 2. The van der Waals surface area contributed by atoms with Gasteiger partial charge in [0.25, 0.3) is 0 Å². The molecular formula is C22H30N4O. The summed E-state index contributed by atoms with van der Waals surface area (Å²) in [4.78, 5) is 19.0. The molecule has 1 saturated heterocycles. The lowest BCUT2D eigenvalue weighted by atomic mass is 10.1. The molecule has 1 aliphatic heterocycles. The van der Waals surface area contributed by atoms with E-state index in [1.165, 1.54) is 16.8 Å². The summed E-state index contributed by atoms with van der Waals surface area (Å²) in [5, 5.41) is 3.24. The van der Waals surface area contributed by atoms with Crippen LogP contribution in [-0.4, -0.2) is 57.6 Å². The third-order valence-electron chi connectivity index (χ3n) is 5.38. The van der Waals surface area contributed by atoms with Crippen LogP contribution in [0.4, 0.5) is 17.1 Å². The van der Waals surface area contributed by atoms with Gasteiger partial charge >= 0.3 is 0 Å². The van der Waals surface area contributed by atoms with E-state index in [4.69, 9.17) is 0 Å². The van der Waals surface area contributed by atoms with Gasteiger partial charge in [0, 0.05) is 57.3 Å². The molecule has 0 aliphatic carbocycles. The van der Waals surface area contributed by atoms with Crippen molar-refractivity contribution >= 4 is 23.0 Å². The van der Waals surface area contributed by atoms with Crippen LogP contribution < -0.4 is 15.1 Å². The first-order valence-corrected chi connectivity index (χ1v) is 9.56. The molecule has 27 heavy (non-hydrogen) atoms. The van der Waals surface area contributed by atoms with Crippen LogP contribution in [0, 0.1) is 13.8 Å². The van der Waals surface area contributed by atoms with E-state index >= 15 is 0 Å². The summed E-state index contributed by atoms with van der Waals surface area (Å²) in [6.45, 7) is 7.97. The second-order valence-electron chi connectivity index (χ2n) is 7.38. The van der Waals surface area contributed by atoms with Crippen LogP contribution in [0.15, 0.2) is 42.5 Å². The summed E-state index contributed by atoms with van der Waals surface area (Å²) in [5.41, 5.74) is 6.06. The molecule has 0 bridgehead atoms. The lowest BCUT2D eigenvalue weighted by molar-refractivity contribution is -0.129. The van der Waals surface area contributed by atoms with E-state index in [0.717, 1.165) is 37.6 Å². The average Bonchev–Trinajstić information content (AvgIpc) is 2.68. The molecule has 0 radical (unpaired) electrons. The van der Waals surface area contributed by atoms with Crippen LogP contribution in [0.3, 0.4) is 0 Å². The van der Waals surface area contributed by atoms with Gasteiger partial charge in [-0.3, -0.25) is 4.79 Å². The number of nitrogens with one attached hydrogen (secondary N) is 1. The fraction of sp³-hybridized carbons (Fsp3) is 0.409. The van der Waals surface area contributed by atoms with Crippen LogP contribution in [0.1, 0.15) is 11.1 Å². The molecule has 144 valence electrons. The summed E-state index contributed by atoms with van der Waals surface area (Å²) >= 11 is 0. The monoisotopic (exact) mass is 366 g/mol. The summed E-state index contributed by atoms with van der Waals surface area (Å²) < 4.78 is 0. The number of nitrogens with zero attached hydrogens (tertiary/aromatic N) is 3. The van der Waals surface area contributed by atoms with E-state index in [2.05, 4.69) is 59.3 Å². The Hall–Kier alpha value is -2.69. The van der Waals surface area contributed by atoms with Crippen LogP contribution in [-0.2, 0) is 4.79 Å². The molecule has 3 rings (SSSR count). The van der Waals surface area contributed by atoms with E-state index in [9.17, 15) is 4.79 Å². The van der Waals surface area contributed by atoms with Crippen molar-refractivity contribution in [1.29, 1.82) is 0 Å². The number of piperazine rings is 1. The zero-order valence-electron chi connectivity index (χ0n) is 16.8. The average molecular weight is 367 g/mol. The highest BCUT2D eigenvalue weighted by molar-refractivity contribution is 5.81. The van der Waals surface area contributed by atoms with Crippen LogP contribution in [0.25, 0.3) is 0 Å². The number of aryl methyl sites for hydroxylation is 1. The molecule has 1 amide bonds. The third-order valence-corrected chi connectivity index (χ3v) is 5.38. The lowest BCUT2D eigenvalue weighted by Gasteiger charge is -2.37. The Morgan fingerprint density at radius 1 is 1.00 bits per heavy atom. The maximum Gasteiger partial charge on any atom is 0.241 e. The fourth-order valence-corrected chi connectivity index (χ4v) is 3.44. The fourth-order valence-electron chi connectivity index (χ4n) is 3.44. The first kappa shape index (κ1) is 19.1. The van der Waals surface area contributed by atoms with Gasteiger partial charge in [0.05, 0.1) is 6.54 Å². The number of hydrogen-bond donors (Lipinski definition) is 1. The van der Waals surface area contributed by atoms with Crippen molar-refractivity contribution in [3.63, 3.8) is 0 Å². The lowest BCUT2D eigenvalue weighted by Crippen LogP contribution is -2.50. The molecule has 5 heteroatoms. The predicted octanol–water partition coefficient (Wildman–Crippen LogP) is 3.13. The smallest absolute Gasteiger partial charge is 0.241 e. The van der Waals surface area contributed by atoms with Crippen molar-refractivity contribution < 1.29 is 4.79 Å². The van der Waals surface area contributed by atoms with Gasteiger partial charge in [-0.25, -0.2) is 0 Å². The Bertz CT molecular complexity index is 777. The molecule has 0 atom stereocenters. The molecule has 2 aromatic carbocycles. The van der Waals surface area contributed by atoms with Gasteiger partial charge in [-0.2, -0.15) is 0 Å². The Balaban J connectivity index is 1.50. The van der Waals surface area contributed by atoms with Crippen LogP contribution in [0.5, 0.6) is 0 Å². The zero-order valence-corrected chi connectivity index (χ0v) is 16.8. The first-order valence-electron chi connectivity index (χ1n) is 9.56. The quantitative estimate of drug-likeness (QED) is 0.882. The van der Waals surface area contributed by atoms with Crippen molar-refractivity contribution in [3.8, 4) is 0 Å². The Morgan fingerprint density at radius 3 is 2.30 bits per heavy atom. The molecule has 0 saturated carbocycles. The minimum atomic E-state index is 0.160. The van der Waals surface area contributed by atoms with Crippen molar-refractivity contribution in [3.05, 3.63) is 53.6 Å². The van der Waals surface area contributed by atoms with Gasteiger partial charge in [0.15, 0.2) is 0 Å². The molecule has 0 spiro atoms. The Kier molecular flexibility index (Phi) is 5.89. The van der Waals surface area contributed by atoms with Crippen molar-refractivity contribution in [2.45, 2.75) is 13.8 Å². The zero-order chi connectivity index (χ0) is 19.4. The Morgan fingerprint density at radius 2 is 1.67 bits per heavy atom. The van der Waals surface area contributed by atoms with E-state index in [1.807, 2.05) is 31.1 Å². The minimum Gasteiger partial charge on any atom is -0.378 e. The topological polar surface area (TPSA) is 38.8 Å². The molecule has 1 heterocycles. The maximum atomic E-state index is 12.5. The van der Waals surface area contributed by atoms with Gasteiger partial charge in [-0.15, -0.1) is 0 Å². The van der Waals surface area contributed by atoms with Gasteiger partial charge in [-0.05, 0) is 55.3 Å². The standard InChI is InChI=1S/C22H30N4O/c1-17-6-5-7-21(18(17)2)25-12-14-26(15-13-25)22(27)16-23-19-8-10-20(11-9-19)24(3)4/h5-11,23H,12-16H2,1-4H3. The van der Waals surface area contributed by atoms with Crippen molar-refractivity contribution in [2.75, 3.05) is 61.9 Å². The molecule has 0 aromatic heterocycles. The highest BCUT2D eigenvalue weighted by Crippen LogP contribution is 2.24. The summed E-state index contributed by atoms with van der Waals surface area (Å²) in [7, 11) is 4.04. The molecular weight excluding hydrogens is 336 g/mol. The van der Waals surface area contributed by atoms with Gasteiger partial charge in [0.2, 0.25) is 5.91 Å². The molecule has 1 aliphatic rings. The number of amides is 1. The second kappa shape index (κ2) is 8.33. The molecule has 1 fully saturated rings. The number of rotatable bonds is 5. The number of carbonyl (C=O) groups is 1. The summed E-state index contributed by atoms with van der Waals surface area (Å²) in [5.74, 6) is 0.160. The largest absolute Gasteiger partial charge is 0.378 e. The van der Waals surface area contributed by atoms with Crippen LogP contribution >= 0.6 is 0 Å². The third kappa shape index (κ3) is 4.54. The second-order valence-corrected chi connectivity index (χ2v) is 7.38. The first-order chi connectivity index (χ1) is 13.0. The van der Waals surface area contributed by atoms with Crippen molar-refractivity contribution in [1.82, 2.24) is 4.90 Å². The summed E-state index contributed by atoms with van der Waals surface area (Å²) in [6.07, 6.45) is 0. The molecule has 5 nitrogen and oxygen atoms in total. The van der Waals surface area contributed by atoms with Crippen molar-refractivity contribution in [2.24, 2.45) is 0 Å².